The fourth-order valence-electron chi connectivity index (χ4n) is 2.24. The van der Waals surface area contributed by atoms with E-state index in [-0.39, 0.29) is 12.6 Å². The topological polar surface area (TPSA) is 52.6 Å². The number of carbonyl (C=O) groups is 1. The number of halogens is 3. The second-order valence-corrected chi connectivity index (χ2v) is 4.83. The number of nitrogens with one attached hydrogen (secondary N) is 1. The zero-order valence-electron chi connectivity index (χ0n) is 10.9. The second kappa shape index (κ2) is 7.69. The van der Waals surface area contributed by atoms with Crippen LogP contribution in [0.25, 0.3) is 0 Å². The van der Waals surface area contributed by atoms with Gasteiger partial charge in [-0.05, 0) is 19.4 Å². The number of rotatable bonds is 6. The van der Waals surface area contributed by atoms with Gasteiger partial charge >= 0.3 is 6.18 Å². The molecular formula is C12H21F3N2O2. The van der Waals surface area contributed by atoms with Gasteiger partial charge in [0.05, 0.1) is 13.0 Å². The minimum Gasteiger partial charge on any atom is -0.395 e. The van der Waals surface area contributed by atoms with Crippen LogP contribution in [0.1, 0.15) is 32.1 Å². The highest BCUT2D eigenvalue weighted by molar-refractivity contribution is 5.75. The number of nitrogens with zero attached hydrogens (tertiary/aromatic N) is 1. The number of alkyl halides is 3. The molecule has 1 unspecified atom stereocenters. The lowest BCUT2D eigenvalue weighted by atomic mass is 10.0. The van der Waals surface area contributed by atoms with Crippen molar-refractivity contribution in [1.29, 1.82) is 0 Å². The Morgan fingerprint density at radius 2 is 2.11 bits per heavy atom. The van der Waals surface area contributed by atoms with E-state index in [0.717, 1.165) is 25.8 Å². The van der Waals surface area contributed by atoms with Crippen molar-refractivity contribution >= 4 is 5.91 Å². The summed E-state index contributed by atoms with van der Waals surface area (Å²) in [5, 5.41) is 11.7. The summed E-state index contributed by atoms with van der Waals surface area (Å²) in [4.78, 5) is 13.3. The molecule has 1 atom stereocenters. The Bertz CT molecular complexity index is 285. The van der Waals surface area contributed by atoms with Gasteiger partial charge in [0.1, 0.15) is 0 Å². The molecule has 1 rings (SSSR count). The highest BCUT2D eigenvalue weighted by Crippen LogP contribution is 2.21. The number of carbonyl (C=O) groups excluding carboxylic acids is 1. The number of hydrogen-bond donors (Lipinski definition) is 2. The van der Waals surface area contributed by atoms with Crippen molar-refractivity contribution in [3.05, 3.63) is 0 Å². The maximum atomic E-state index is 11.9. The molecule has 7 heteroatoms. The van der Waals surface area contributed by atoms with Gasteiger partial charge in [0, 0.05) is 25.6 Å². The Kier molecular flexibility index (Phi) is 6.57. The van der Waals surface area contributed by atoms with Crippen LogP contribution in [0.2, 0.25) is 0 Å². The lowest BCUT2D eigenvalue weighted by Crippen LogP contribution is -2.45. The van der Waals surface area contributed by atoms with Crippen LogP contribution in [0.4, 0.5) is 13.2 Å². The maximum Gasteiger partial charge on any atom is 0.389 e. The number of hydrogen-bond acceptors (Lipinski definition) is 3. The molecule has 0 aliphatic carbocycles. The van der Waals surface area contributed by atoms with Gasteiger partial charge in [-0.1, -0.05) is 6.42 Å². The van der Waals surface area contributed by atoms with Crippen molar-refractivity contribution in [2.75, 3.05) is 26.2 Å². The molecule has 0 aromatic carbocycles. The molecule has 0 radical (unpaired) electrons. The predicted octanol–water partition coefficient (Wildman–Crippen LogP) is 1.29. The van der Waals surface area contributed by atoms with E-state index in [4.69, 9.17) is 0 Å². The standard InChI is InChI=1S/C12H21F3N2O2/c13-12(14,15)5-4-11(19)16-6-8-17-7-2-1-3-10(17)9-18/h10,18H,1-9H2,(H,16,19). The molecule has 1 aliphatic heterocycles. The molecule has 1 aliphatic rings. The summed E-state index contributed by atoms with van der Waals surface area (Å²) in [6, 6.07) is 0.112. The molecule has 1 heterocycles. The number of piperidine rings is 1. The third-order valence-corrected chi connectivity index (χ3v) is 3.32. The monoisotopic (exact) mass is 282 g/mol. The first-order valence-corrected chi connectivity index (χ1v) is 6.61. The first-order chi connectivity index (χ1) is 8.92. The van der Waals surface area contributed by atoms with Crippen molar-refractivity contribution in [2.24, 2.45) is 0 Å². The van der Waals surface area contributed by atoms with Gasteiger partial charge in [0.25, 0.3) is 0 Å². The van der Waals surface area contributed by atoms with Crippen LogP contribution in [0, 0.1) is 0 Å². The number of likely N-dealkylation sites (tertiary alicyclic amines) is 1. The first-order valence-electron chi connectivity index (χ1n) is 6.61. The molecule has 19 heavy (non-hydrogen) atoms. The van der Waals surface area contributed by atoms with Gasteiger partial charge in [-0.25, -0.2) is 0 Å². The van der Waals surface area contributed by atoms with Crippen molar-refractivity contribution in [3.8, 4) is 0 Å². The Balaban J connectivity index is 2.16. The Hall–Kier alpha value is -0.820. The predicted molar refractivity (Wildman–Crippen MR) is 64.6 cm³/mol. The Morgan fingerprint density at radius 1 is 1.37 bits per heavy atom. The molecule has 1 amide bonds. The Labute approximate surface area is 111 Å². The average Bonchev–Trinajstić information content (AvgIpc) is 2.36. The fraction of sp³-hybridized carbons (Fsp3) is 0.917. The molecule has 0 aromatic rings. The lowest BCUT2D eigenvalue weighted by molar-refractivity contribution is -0.144. The van der Waals surface area contributed by atoms with Crippen LogP contribution in [-0.2, 0) is 4.79 Å². The van der Waals surface area contributed by atoms with E-state index in [9.17, 15) is 23.1 Å². The summed E-state index contributed by atoms with van der Waals surface area (Å²) in [5.74, 6) is -0.574. The summed E-state index contributed by atoms with van der Waals surface area (Å²) in [7, 11) is 0. The molecule has 4 nitrogen and oxygen atoms in total. The van der Waals surface area contributed by atoms with Gasteiger partial charge in [-0.15, -0.1) is 0 Å². The minimum absolute atomic E-state index is 0.0853. The fourth-order valence-corrected chi connectivity index (χ4v) is 2.24. The smallest absolute Gasteiger partial charge is 0.389 e. The molecule has 0 bridgehead atoms. The molecular weight excluding hydrogens is 261 g/mol. The van der Waals surface area contributed by atoms with Crippen LogP contribution < -0.4 is 5.32 Å². The molecule has 0 saturated carbocycles. The highest BCUT2D eigenvalue weighted by Gasteiger charge is 2.28. The largest absolute Gasteiger partial charge is 0.395 e. The average molecular weight is 282 g/mol. The summed E-state index contributed by atoms with van der Waals surface area (Å²) in [5.41, 5.74) is 0. The first kappa shape index (κ1) is 16.2. The molecule has 2 N–H and O–H groups in total. The van der Waals surface area contributed by atoms with E-state index in [1.54, 1.807) is 0 Å². The van der Waals surface area contributed by atoms with E-state index in [0.29, 0.717) is 13.1 Å². The van der Waals surface area contributed by atoms with Gasteiger partial charge in [-0.3, -0.25) is 9.69 Å². The highest BCUT2D eigenvalue weighted by atomic mass is 19.4. The number of aliphatic hydroxyl groups excluding tert-OH is 1. The van der Waals surface area contributed by atoms with Gasteiger partial charge in [-0.2, -0.15) is 13.2 Å². The minimum atomic E-state index is -4.29. The van der Waals surface area contributed by atoms with Crippen molar-refractivity contribution in [3.63, 3.8) is 0 Å². The molecule has 1 saturated heterocycles. The van der Waals surface area contributed by atoms with Crippen molar-refractivity contribution < 1.29 is 23.1 Å². The van der Waals surface area contributed by atoms with Crippen LogP contribution >= 0.6 is 0 Å². The summed E-state index contributed by atoms with van der Waals surface area (Å²) in [6.45, 7) is 1.85. The maximum absolute atomic E-state index is 11.9. The van der Waals surface area contributed by atoms with Crippen LogP contribution in [-0.4, -0.2) is 54.4 Å². The summed E-state index contributed by atoms with van der Waals surface area (Å²) in [6.07, 6.45) is -2.82. The van der Waals surface area contributed by atoms with Crippen LogP contribution in [0.15, 0.2) is 0 Å². The van der Waals surface area contributed by atoms with Gasteiger partial charge in [0.15, 0.2) is 0 Å². The van der Waals surface area contributed by atoms with Crippen LogP contribution in [0.3, 0.4) is 0 Å². The lowest BCUT2D eigenvalue weighted by Gasteiger charge is -2.34. The van der Waals surface area contributed by atoms with Crippen molar-refractivity contribution in [1.82, 2.24) is 10.2 Å². The zero-order valence-corrected chi connectivity index (χ0v) is 10.9. The molecule has 0 spiro atoms. The van der Waals surface area contributed by atoms with Crippen molar-refractivity contribution in [2.45, 2.75) is 44.3 Å². The molecule has 0 aromatic heterocycles. The van der Waals surface area contributed by atoms with E-state index in [1.165, 1.54) is 0 Å². The van der Waals surface area contributed by atoms with E-state index < -0.39 is 24.9 Å². The molecule has 112 valence electrons. The third-order valence-electron chi connectivity index (χ3n) is 3.32. The number of aliphatic hydroxyl groups is 1. The molecule has 1 fully saturated rings. The summed E-state index contributed by atoms with van der Waals surface area (Å²) < 4.78 is 35.7. The normalized spacial score (nSPS) is 21.4. The quantitative estimate of drug-likeness (QED) is 0.772. The summed E-state index contributed by atoms with van der Waals surface area (Å²) >= 11 is 0. The Morgan fingerprint density at radius 3 is 2.74 bits per heavy atom. The third kappa shape index (κ3) is 6.77. The van der Waals surface area contributed by atoms with Crippen LogP contribution in [0.5, 0.6) is 0 Å². The van der Waals surface area contributed by atoms with E-state index in [1.807, 2.05) is 0 Å². The number of amides is 1. The van der Waals surface area contributed by atoms with Gasteiger partial charge < -0.3 is 10.4 Å². The zero-order chi connectivity index (χ0) is 14.3. The van der Waals surface area contributed by atoms with Gasteiger partial charge in [0.2, 0.25) is 5.91 Å². The SMILES string of the molecule is O=C(CCC(F)(F)F)NCCN1CCCCC1CO. The second-order valence-electron chi connectivity index (χ2n) is 4.83. The van der Waals surface area contributed by atoms with E-state index >= 15 is 0 Å². The van der Waals surface area contributed by atoms with E-state index in [2.05, 4.69) is 10.2 Å².